The lowest BCUT2D eigenvalue weighted by molar-refractivity contribution is 0.0167. The highest BCUT2D eigenvalue weighted by Crippen LogP contribution is 2.13. The van der Waals surface area contributed by atoms with E-state index in [1.54, 1.807) is 0 Å². The van der Waals surface area contributed by atoms with Crippen molar-refractivity contribution in [3.63, 3.8) is 0 Å². The Bertz CT molecular complexity index is 903. The van der Waals surface area contributed by atoms with E-state index in [1.807, 2.05) is 59.4 Å². The Morgan fingerprint density at radius 3 is 2.48 bits per heavy atom. The highest BCUT2D eigenvalue weighted by Gasteiger charge is 2.22. The van der Waals surface area contributed by atoms with Crippen molar-refractivity contribution < 1.29 is 9.53 Å². The van der Waals surface area contributed by atoms with Gasteiger partial charge in [-0.15, -0.1) is 0 Å². The second-order valence-corrected chi connectivity index (χ2v) is 7.34. The Kier molecular flexibility index (Phi) is 6.39. The van der Waals surface area contributed by atoms with E-state index in [1.165, 1.54) is 5.56 Å². The average molecular weight is 389 g/mol. The van der Waals surface area contributed by atoms with Gasteiger partial charge in [0.15, 0.2) is 0 Å². The van der Waals surface area contributed by atoms with Crippen molar-refractivity contribution in [1.29, 1.82) is 0 Å². The van der Waals surface area contributed by atoms with Crippen LogP contribution in [0.4, 0.5) is 0 Å². The first kappa shape index (κ1) is 19.4. The van der Waals surface area contributed by atoms with Crippen LogP contribution in [0.5, 0.6) is 0 Å². The smallest absolute Gasteiger partial charge is 0.251 e. The van der Waals surface area contributed by atoms with Gasteiger partial charge in [-0.05, 0) is 42.3 Å². The van der Waals surface area contributed by atoms with Gasteiger partial charge in [-0.2, -0.15) is 0 Å². The molecule has 0 saturated carbocycles. The lowest BCUT2D eigenvalue weighted by atomic mass is 10.0. The van der Waals surface area contributed by atoms with Crippen LogP contribution in [0.1, 0.15) is 15.9 Å². The Balaban J connectivity index is 1.43. The largest absolute Gasteiger partial charge is 0.379 e. The van der Waals surface area contributed by atoms with Crippen molar-refractivity contribution in [2.24, 2.45) is 0 Å². The quantitative estimate of drug-likeness (QED) is 0.675. The maximum absolute atomic E-state index is 12.8. The molecule has 2 heterocycles. The van der Waals surface area contributed by atoms with Gasteiger partial charge in [0.2, 0.25) is 0 Å². The van der Waals surface area contributed by atoms with Crippen molar-refractivity contribution >= 4 is 5.91 Å². The van der Waals surface area contributed by atoms with Crippen molar-refractivity contribution in [1.82, 2.24) is 14.8 Å². The molecule has 0 spiro atoms. The molecule has 150 valence electrons. The molecule has 0 bridgehead atoms. The van der Waals surface area contributed by atoms with Crippen LogP contribution in [-0.4, -0.2) is 54.3 Å². The number of amides is 1. The third kappa shape index (κ3) is 5.13. The average Bonchev–Trinajstić information content (AvgIpc) is 3.33. The van der Waals surface area contributed by atoms with Crippen LogP contribution in [0.3, 0.4) is 0 Å². The number of hydrogen-bond donors (Lipinski definition) is 1. The molecule has 1 aliphatic rings. The van der Waals surface area contributed by atoms with E-state index in [4.69, 9.17) is 4.74 Å². The van der Waals surface area contributed by atoms with Crippen LogP contribution in [0.25, 0.3) is 5.69 Å². The number of aromatic nitrogens is 1. The summed E-state index contributed by atoms with van der Waals surface area (Å²) in [5.74, 6) is -0.0367. The molecule has 5 heteroatoms. The Morgan fingerprint density at radius 2 is 1.72 bits per heavy atom. The van der Waals surface area contributed by atoms with Gasteiger partial charge in [0.25, 0.3) is 5.91 Å². The molecule has 0 radical (unpaired) electrons. The summed E-state index contributed by atoms with van der Waals surface area (Å²) in [7, 11) is 0. The molecular weight excluding hydrogens is 362 g/mol. The minimum absolute atomic E-state index is 0.0367. The third-order valence-corrected chi connectivity index (χ3v) is 5.39. The first-order valence-corrected chi connectivity index (χ1v) is 10.2. The molecule has 1 N–H and O–H groups in total. The second kappa shape index (κ2) is 9.54. The van der Waals surface area contributed by atoms with Gasteiger partial charge in [-0.1, -0.05) is 36.4 Å². The van der Waals surface area contributed by atoms with Gasteiger partial charge < -0.3 is 14.6 Å². The summed E-state index contributed by atoms with van der Waals surface area (Å²) in [5, 5.41) is 3.16. The Hall–Kier alpha value is -2.89. The van der Waals surface area contributed by atoms with E-state index < -0.39 is 0 Å². The summed E-state index contributed by atoms with van der Waals surface area (Å²) in [5.41, 5.74) is 2.95. The molecule has 2 aromatic carbocycles. The maximum atomic E-state index is 12.8. The molecular formula is C24H27N3O2. The van der Waals surface area contributed by atoms with Gasteiger partial charge in [0, 0.05) is 49.3 Å². The minimum Gasteiger partial charge on any atom is -0.379 e. The van der Waals surface area contributed by atoms with Gasteiger partial charge >= 0.3 is 0 Å². The number of nitrogens with zero attached hydrogens (tertiary/aromatic N) is 2. The Morgan fingerprint density at radius 1 is 0.966 bits per heavy atom. The van der Waals surface area contributed by atoms with Gasteiger partial charge in [0.05, 0.1) is 13.2 Å². The minimum atomic E-state index is -0.0367. The van der Waals surface area contributed by atoms with Crippen molar-refractivity contribution in [2.75, 3.05) is 32.8 Å². The van der Waals surface area contributed by atoms with Crippen LogP contribution in [0.2, 0.25) is 0 Å². The number of rotatable bonds is 7. The van der Waals surface area contributed by atoms with Gasteiger partial charge in [-0.3, -0.25) is 9.69 Å². The molecule has 1 fully saturated rings. The van der Waals surface area contributed by atoms with E-state index in [-0.39, 0.29) is 11.9 Å². The first-order chi connectivity index (χ1) is 14.3. The highest BCUT2D eigenvalue weighted by atomic mass is 16.5. The summed E-state index contributed by atoms with van der Waals surface area (Å²) < 4.78 is 7.51. The molecule has 1 aliphatic heterocycles. The molecule has 1 atom stereocenters. The van der Waals surface area contributed by atoms with Crippen LogP contribution < -0.4 is 5.32 Å². The molecule has 29 heavy (non-hydrogen) atoms. The first-order valence-electron chi connectivity index (χ1n) is 10.2. The lowest BCUT2D eigenvalue weighted by Gasteiger charge is -2.34. The number of benzene rings is 2. The van der Waals surface area contributed by atoms with Crippen molar-refractivity contribution in [2.45, 2.75) is 12.5 Å². The second-order valence-electron chi connectivity index (χ2n) is 7.34. The zero-order chi connectivity index (χ0) is 19.9. The van der Waals surface area contributed by atoms with Gasteiger partial charge in [-0.25, -0.2) is 0 Å². The number of hydrogen-bond acceptors (Lipinski definition) is 3. The molecule has 0 aliphatic carbocycles. The van der Waals surface area contributed by atoms with Crippen molar-refractivity contribution in [3.8, 4) is 5.69 Å². The summed E-state index contributed by atoms with van der Waals surface area (Å²) >= 11 is 0. The lowest BCUT2D eigenvalue weighted by Crippen LogP contribution is -2.49. The number of carbonyl (C=O) groups excluding carboxylic acids is 1. The molecule has 1 unspecified atom stereocenters. The van der Waals surface area contributed by atoms with E-state index >= 15 is 0 Å². The molecule has 3 aromatic rings. The third-order valence-electron chi connectivity index (χ3n) is 5.39. The molecule has 1 aromatic heterocycles. The fraction of sp³-hybridized carbons (Fsp3) is 0.292. The number of nitrogens with one attached hydrogen (secondary N) is 1. The van der Waals surface area contributed by atoms with Crippen LogP contribution in [0, 0.1) is 0 Å². The van der Waals surface area contributed by atoms with Gasteiger partial charge in [0.1, 0.15) is 0 Å². The summed E-state index contributed by atoms with van der Waals surface area (Å²) in [4.78, 5) is 15.3. The maximum Gasteiger partial charge on any atom is 0.251 e. The van der Waals surface area contributed by atoms with E-state index in [2.05, 4.69) is 34.5 Å². The van der Waals surface area contributed by atoms with Crippen molar-refractivity contribution in [3.05, 3.63) is 90.3 Å². The Labute approximate surface area is 171 Å². The van der Waals surface area contributed by atoms with E-state index in [0.717, 1.165) is 38.4 Å². The molecule has 4 rings (SSSR count). The molecule has 1 saturated heterocycles. The fourth-order valence-corrected chi connectivity index (χ4v) is 3.79. The topological polar surface area (TPSA) is 46.5 Å². The normalized spacial score (nSPS) is 15.7. The predicted molar refractivity (Wildman–Crippen MR) is 114 cm³/mol. The predicted octanol–water partition coefficient (Wildman–Crippen LogP) is 3.15. The van der Waals surface area contributed by atoms with E-state index in [0.29, 0.717) is 12.1 Å². The van der Waals surface area contributed by atoms with Crippen LogP contribution in [-0.2, 0) is 11.2 Å². The number of carbonyl (C=O) groups is 1. The zero-order valence-electron chi connectivity index (χ0n) is 16.5. The molecule has 5 nitrogen and oxygen atoms in total. The van der Waals surface area contributed by atoms with E-state index in [9.17, 15) is 4.79 Å². The summed E-state index contributed by atoms with van der Waals surface area (Å²) in [6.07, 6.45) is 4.86. The summed E-state index contributed by atoms with van der Waals surface area (Å²) in [6, 6.07) is 22.4. The SMILES string of the molecule is O=C(NCC(Cc1ccccc1)N1CCOCC1)c1cccc(-n2cccc2)c1. The van der Waals surface area contributed by atoms with Crippen LogP contribution >= 0.6 is 0 Å². The zero-order valence-corrected chi connectivity index (χ0v) is 16.5. The monoisotopic (exact) mass is 389 g/mol. The van der Waals surface area contributed by atoms with Crippen LogP contribution in [0.15, 0.2) is 79.1 Å². The molecule has 1 amide bonds. The number of ether oxygens (including phenoxy) is 1. The number of morpholine rings is 1. The summed E-state index contributed by atoms with van der Waals surface area (Å²) in [6.45, 7) is 3.91. The fourth-order valence-electron chi connectivity index (χ4n) is 3.79. The highest BCUT2D eigenvalue weighted by molar-refractivity contribution is 5.94. The standard InChI is InChI=1S/C24H27N3O2/c28-24(21-9-6-10-22(18-21)26-11-4-5-12-26)25-19-23(27-13-15-29-16-14-27)17-20-7-2-1-3-8-20/h1-12,18,23H,13-17,19H2,(H,25,28).